The van der Waals surface area contributed by atoms with Gasteiger partial charge in [0.05, 0.1) is 0 Å². The van der Waals surface area contributed by atoms with Crippen molar-refractivity contribution in [3.05, 3.63) is 60.2 Å². The van der Waals surface area contributed by atoms with Crippen molar-refractivity contribution in [2.24, 2.45) is 0 Å². The third-order valence-electron chi connectivity index (χ3n) is 2.23. The van der Waals surface area contributed by atoms with Crippen LogP contribution < -0.4 is 9.01 Å². The van der Waals surface area contributed by atoms with Crippen molar-refractivity contribution in [3.63, 3.8) is 0 Å². The van der Waals surface area contributed by atoms with Gasteiger partial charge in [0.1, 0.15) is 4.90 Å². The average Bonchev–Trinajstić information content (AvgIpc) is 2.29. The van der Waals surface area contributed by atoms with E-state index in [0.717, 1.165) is 16.5 Å². The number of pyridine rings is 1. The van der Waals surface area contributed by atoms with Gasteiger partial charge in [-0.15, -0.1) is 4.28 Å². The van der Waals surface area contributed by atoms with Crippen LogP contribution in [-0.4, -0.2) is 8.42 Å². The summed E-state index contributed by atoms with van der Waals surface area (Å²) in [5.74, 6) is -0.586. The van der Waals surface area contributed by atoms with Crippen LogP contribution >= 0.6 is 0 Å². The smallest absolute Gasteiger partial charge is 0.200 e. The lowest BCUT2D eigenvalue weighted by atomic mass is 10.2. The number of halogens is 1. The Balaban J connectivity index is 2.30. The van der Waals surface area contributed by atoms with Gasteiger partial charge in [0, 0.05) is 10.8 Å². The first kappa shape index (κ1) is 12.5. The highest BCUT2D eigenvalue weighted by atomic mass is 32.2. The Kier molecular flexibility index (Phi) is 3.29. The summed E-state index contributed by atoms with van der Waals surface area (Å²) in [5.41, 5.74) is 0.937. The molecule has 0 fully saturated rings. The van der Waals surface area contributed by atoms with E-state index < -0.39 is 15.9 Å². The summed E-state index contributed by atoms with van der Waals surface area (Å²) in [7, 11) is -3.95. The van der Waals surface area contributed by atoms with Gasteiger partial charge in [-0.3, -0.25) is 0 Å². The van der Waals surface area contributed by atoms with Crippen molar-refractivity contribution in [2.45, 2.75) is 11.8 Å². The zero-order valence-corrected chi connectivity index (χ0v) is 10.4. The van der Waals surface area contributed by atoms with Crippen LogP contribution in [0.5, 0.6) is 0 Å². The summed E-state index contributed by atoms with van der Waals surface area (Å²) >= 11 is 0. The van der Waals surface area contributed by atoms with Gasteiger partial charge in [-0.2, -0.15) is 8.42 Å². The Morgan fingerprint density at radius 3 is 2.44 bits per heavy atom. The Hall–Kier alpha value is -1.95. The van der Waals surface area contributed by atoms with Crippen molar-refractivity contribution < 1.29 is 21.8 Å². The van der Waals surface area contributed by atoms with Gasteiger partial charge in [-0.25, -0.2) is 4.39 Å². The van der Waals surface area contributed by atoms with E-state index in [1.54, 1.807) is 12.1 Å². The van der Waals surface area contributed by atoms with Gasteiger partial charge in [-0.1, -0.05) is 17.7 Å². The molecule has 1 heterocycles. The highest BCUT2D eigenvalue weighted by Crippen LogP contribution is 2.09. The molecule has 18 heavy (non-hydrogen) atoms. The molecule has 6 heteroatoms. The van der Waals surface area contributed by atoms with E-state index in [2.05, 4.69) is 0 Å². The zero-order valence-electron chi connectivity index (χ0n) is 9.58. The molecule has 2 rings (SSSR count). The van der Waals surface area contributed by atoms with Crippen LogP contribution in [0.1, 0.15) is 5.56 Å². The molecule has 0 N–H and O–H groups in total. The molecule has 0 aliphatic heterocycles. The van der Waals surface area contributed by atoms with E-state index in [1.165, 1.54) is 30.5 Å². The predicted octanol–water partition coefficient (Wildman–Crippen LogP) is 1.24. The Labute approximate surface area is 104 Å². The van der Waals surface area contributed by atoms with Gasteiger partial charge in [-0.05, 0) is 25.1 Å². The van der Waals surface area contributed by atoms with Crippen LogP contribution in [-0.2, 0) is 10.1 Å². The number of hydrogen-bond donors (Lipinski definition) is 0. The Morgan fingerprint density at radius 1 is 1.17 bits per heavy atom. The van der Waals surface area contributed by atoms with Crippen LogP contribution in [0.15, 0.2) is 53.7 Å². The quantitative estimate of drug-likeness (QED) is 0.787. The lowest BCUT2D eigenvalue weighted by Crippen LogP contribution is -2.45. The van der Waals surface area contributed by atoms with E-state index in [-0.39, 0.29) is 4.90 Å². The van der Waals surface area contributed by atoms with Gasteiger partial charge in [0.15, 0.2) is 5.82 Å². The molecule has 1 aromatic carbocycles. The molecular formula is C12H11FNO3S+. The molecule has 0 amide bonds. The van der Waals surface area contributed by atoms with Gasteiger partial charge in [0.25, 0.3) is 6.20 Å². The van der Waals surface area contributed by atoms with Crippen LogP contribution in [0, 0.1) is 12.7 Å². The standard InChI is InChI=1S/C12H11FNO3S/c1-10-4-6-12(7-5-10)18(15,16)17-14-8-2-3-11(13)9-14/h2-9H,1H3/q+1. The summed E-state index contributed by atoms with van der Waals surface area (Å²) in [6.45, 7) is 1.85. The maximum absolute atomic E-state index is 12.9. The summed E-state index contributed by atoms with van der Waals surface area (Å²) in [6, 6.07) is 8.73. The van der Waals surface area contributed by atoms with Crippen LogP contribution in [0.3, 0.4) is 0 Å². The minimum atomic E-state index is -3.95. The molecule has 0 saturated heterocycles. The average molecular weight is 268 g/mol. The molecule has 0 saturated carbocycles. The van der Waals surface area contributed by atoms with Crippen LogP contribution in [0.2, 0.25) is 0 Å². The molecule has 0 radical (unpaired) electrons. The number of aryl methyl sites for hydroxylation is 1. The molecule has 0 atom stereocenters. The second-order valence-corrected chi connectivity index (χ2v) is 5.25. The molecule has 2 aromatic rings. The fourth-order valence-corrected chi connectivity index (χ4v) is 2.21. The summed E-state index contributed by atoms with van der Waals surface area (Å²) in [5, 5.41) is 0. The summed E-state index contributed by atoms with van der Waals surface area (Å²) < 4.78 is 42.2. The molecule has 0 spiro atoms. The molecule has 0 unspecified atom stereocenters. The SMILES string of the molecule is Cc1ccc(S(=O)(=O)O[n+]2cccc(F)c2)cc1. The number of rotatable bonds is 3. The summed E-state index contributed by atoms with van der Waals surface area (Å²) in [4.78, 5) is 0.0184. The number of aromatic nitrogens is 1. The maximum Gasteiger partial charge on any atom is 0.396 e. The molecular weight excluding hydrogens is 257 g/mol. The minimum Gasteiger partial charge on any atom is -0.200 e. The minimum absolute atomic E-state index is 0.0184. The normalized spacial score (nSPS) is 11.2. The largest absolute Gasteiger partial charge is 0.396 e. The third kappa shape index (κ3) is 2.84. The van der Waals surface area contributed by atoms with Crippen LogP contribution in [0.25, 0.3) is 0 Å². The van der Waals surface area contributed by atoms with E-state index in [9.17, 15) is 12.8 Å². The van der Waals surface area contributed by atoms with E-state index >= 15 is 0 Å². The van der Waals surface area contributed by atoms with Gasteiger partial charge < -0.3 is 0 Å². The maximum atomic E-state index is 12.9. The van der Waals surface area contributed by atoms with Crippen molar-refractivity contribution in [2.75, 3.05) is 0 Å². The van der Waals surface area contributed by atoms with Crippen molar-refractivity contribution in [3.8, 4) is 0 Å². The fraction of sp³-hybridized carbons (Fsp3) is 0.0833. The first-order chi connectivity index (χ1) is 8.47. The van der Waals surface area contributed by atoms with Crippen molar-refractivity contribution in [1.29, 1.82) is 0 Å². The number of nitrogens with zero attached hydrogens (tertiary/aromatic N) is 1. The highest BCUT2D eigenvalue weighted by Gasteiger charge is 2.21. The van der Waals surface area contributed by atoms with E-state index in [4.69, 9.17) is 4.28 Å². The number of benzene rings is 1. The molecule has 4 nitrogen and oxygen atoms in total. The fourth-order valence-electron chi connectivity index (χ4n) is 1.34. The van der Waals surface area contributed by atoms with Crippen molar-refractivity contribution in [1.82, 2.24) is 0 Å². The Bertz CT molecular complexity index is 653. The number of hydrogen-bond acceptors (Lipinski definition) is 3. The molecule has 0 aliphatic carbocycles. The lowest BCUT2D eigenvalue weighted by molar-refractivity contribution is -0.857. The van der Waals surface area contributed by atoms with Crippen molar-refractivity contribution >= 4 is 10.1 Å². The third-order valence-corrected chi connectivity index (χ3v) is 3.45. The van der Waals surface area contributed by atoms with Gasteiger partial charge in [0.2, 0.25) is 6.20 Å². The first-order valence-corrected chi connectivity index (χ1v) is 6.57. The first-order valence-electron chi connectivity index (χ1n) is 5.16. The second kappa shape index (κ2) is 4.73. The Morgan fingerprint density at radius 2 is 1.83 bits per heavy atom. The molecule has 94 valence electrons. The molecule has 0 bridgehead atoms. The lowest BCUT2D eigenvalue weighted by Gasteiger charge is -2.00. The monoisotopic (exact) mass is 268 g/mol. The second-order valence-electron chi connectivity index (χ2n) is 3.72. The van der Waals surface area contributed by atoms with E-state index in [1.807, 2.05) is 6.92 Å². The zero-order chi connectivity index (χ0) is 13.2. The van der Waals surface area contributed by atoms with E-state index in [0.29, 0.717) is 0 Å². The highest BCUT2D eigenvalue weighted by molar-refractivity contribution is 7.86. The summed E-state index contributed by atoms with van der Waals surface area (Å²) in [6.07, 6.45) is 2.24. The van der Waals surface area contributed by atoms with Crippen LogP contribution in [0.4, 0.5) is 4.39 Å². The predicted molar refractivity (Wildman–Crippen MR) is 61.5 cm³/mol. The molecule has 0 aliphatic rings. The molecule has 1 aromatic heterocycles. The van der Waals surface area contributed by atoms with Gasteiger partial charge >= 0.3 is 10.1 Å². The topological polar surface area (TPSA) is 47.3 Å².